The van der Waals surface area contributed by atoms with Gasteiger partial charge in [-0.25, -0.2) is 19.9 Å². The number of hydrogen-bond acceptors (Lipinski definition) is 6. The first-order valence-corrected chi connectivity index (χ1v) is 6.09. The van der Waals surface area contributed by atoms with Crippen LogP contribution in [0.15, 0.2) is 24.8 Å². The Morgan fingerprint density at radius 1 is 1.00 bits per heavy atom. The molecule has 0 unspecified atom stereocenters. The van der Waals surface area contributed by atoms with Crippen LogP contribution < -0.4 is 5.32 Å². The van der Waals surface area contributed by atoms with Crippen LogP contribution in [0.5, 0.6) is 0 Å². The Hall–Kier alpha value is -1.92. The standard InChI is InChI=1S/C13H17N5O/c1-10-5-15-12(16-6-10)13-17-8-11(9-18-13)7-14-3-4-19-2/h5-6,8-9,14H,3-4,7H2,1-2H3. The van der Waals surface area contributed by atoms with Gasteiger partial charge in [0.2, 0.25) is 0 Å². The van der Waals surface area contributed by atoms with E-state index >= 15 is 0 Å². The summed E-state index contributed by atoms with van der Waals surface area (Å²) in [5, 5.41) is 3.23. The Morgan fingerprint density at radius 2 is 1.58 bits per heavy atom. The van der Waals surface area contributed by atoms with Gasteiger partial charge in [0.05, 0.1) is 6.61 Å². The van der Waals surface area contributed by atoms with E-state index in [1.807, 2.05) is 6.92 Å². The molecule has 0 saturated heterocycles. The Labute approximate surface area is 112 Å². The molecule has 2 aromatic rings. The summed E-state index contributed by atoms with van der Waals surface area (Å²) in [6.07, 6.45) is 7.08. The third kappa shape index (κ3) is 4.04. The number of aryl methyl sites for hydroxylation is 1. The molecule has 0 aliphatic heterocycles. The van der Waals surface area contributed by atoms with Crippen LogP contribution in [0.1, 0.15) is 11.1 Å². The maximum atomic E-state index is 4.96. The third-order valence-electron chi connectivity index (χ3n) is 2.50. The molecule has 0 bridgehead atoms. The van der Waals surface area contributed by atoms with E-state index < -0.39 is 0 Å². The first-order valence-electron chi connectivity index (χ1n) is 6.09. The van der Waals surface area contributed by atoms with Gasteiger partial charge in [-0.15, -0.1) is 0 Å². The highest BCUT2D eigenvalue weighted by Crippen LogP contribution is 2.08. The number of hydrogen-bond donors (Lipinski definition) is 1. The summed E-state index contributed by atoms with van der Waals surface area (Å²) in [5.74, 6) is 1.09. The number of rotatable bonds is 6. The predicted octanol–water partition coefficient (Wildman–Crippen LogP) is 0.978. The van der Waals surface area contributed by atoms with Crippen molar-refractivity contribution in [3.05, 3.63) is 35.9 Å². The maximum Gasteiger partial charge on any atom is 0.197 e. The third-order valence-corrected chi connectivity index (χ3v) is 2.50. The lowest BCUT2D eigenvalue weighted by Crippen LogP contribution is -2.18. The fourth-order valence-electron chi connectivity index (χ4n) is 1.48. The number of methoxy groups -OCH3 is 1. The summed E-state index contributed by atoms with van der Waals surface area (Å²) in [6.45, 7) is 4.16. The lowest BCUT2D eigenvalue weighted by molar-refractivity contribution is 0.199. The first kappa shape index (κ1) is 13.5. The maximum absolute atomic E-state index is 4.96. The molecule has 2 aromatic heterocycles. The molecule has 0 atom stereocenters. The molecule has 0 radical (unpaired) electrons. The lowest BCUT2D eigenvalue weighted by atomic mass is 10.3. The van der Waals surface area contributed by atoms with Crippen molar-refractivity contribution in [2.75, 3.05) is 20.3 Å². The van der Waals surface area contributed by atoms with Crippen LogP contribution in [0.25, 0.3) is 11.6 Å². The Balaban J connectivity index is 1.96. The number of aromatic nitrogens is 4. The molecule has 0 aliphatic rings. The van der Waals surface area contributed by atoms with Crippen LogP contribution in [-0.4, -0.2) is 40.2 Å². The van der Waals surface area contributed by atoms with Gasteiger partial charge in [-0.2, -0.15) is 0 Å². The zero-order chi connectivity index (χ0) is 13.5. The second-order valence-electron chi connectivity index (χ2n) is 4.17. The largest absolute Gasteiger partial charge is 0.383 e. The Bertz CT molecular complexity index is 497. The van der Waals surface area contributed by atoms with Gasteiger partial charge >= 0.3 is 0 Å². The van der Waals surface area contributed by atoms with Crippen molar-refractivity contribution in [3.8, 4) is 11.6 Å². The van der Waals surface area contributed by atoms with Crippen molar-refractivity contribution in [1.29, 1.82) is 0 Å². The molecular formula is C13H17N5O. The minimum atomic E-state index is 0.542. The van der Waals surface area contributed by atoms with Crippen molar-refractivity contribution >= 4 is 0 Å². The van der Waals surface area contributed by atoms with Gasteiger partial charge in [-0.05, 0) is 12.5 Å². The molecule has 19 heavy (non-hydrogen) atoms. The van der Waals surface area contributed by atoms with Crippen molar-refractivity contribution in [2.45, 2.75) is 13.5 Å². The summed E-state index contributed by atoms with van der Waals surface area (Å²) in [7, 11) is 1.68. The van der Waals surface area contributed by atoms with Crippen LogP contribution >= 0.6 is 0 Å². The minimum Gasteiger partial charge on any atom is -0.383 e. The average Bonchev–Trinajstić information content (AvgIpc) is 2.45. The summed E-state index contributed by atoms with van der Waals surface area (Å²) in [6, 6.07) is 0. The summed E-state index contributed by atoms with van der Waals surface area (Å²) in [5.41, 5.74) is 2.04. The monoisotopic (exact) mass is 259 g/mol. The molecule has 2 rings (SSSR count). The molecule has 6 nitrogen and oxygen atoms in total. The van der Waals surface area contributed by atoms with Gasteiger partial charge < -0.3 is 10.1 Å². The second kappa shape index (κ2) is 6.86. The normalized spacial score (nSPS) is 10.6. The fourth-order valence-corrected chi connectivity index (χ4v) is 1.48. The molecule has 0 aliphatic carbocycles. The lowest BCUT2D eigenvalue weighted by Gasteiger charge is -2.04. The van der Waals surface area contributed by atoms with Crippen LogP contribution in [0.4, 0.5) is 0 Å². The van der Waals surface area contributed by atoms with E-state index in [1.165, 1.54) is 0 Å². The van der Waals surface area contributed by atoms with Crippen LogP contribution in [-0.2, 0) is 11.3 Å². The zero-order valence-electron chi connectivity index (χ0n) is 11.1. The SMILES string of the molecule is COCCNCc1cnc(-c2ncc(C)cn2)nc1. The molecule has 0 saturated carbocycles. The highest BCUT2D eigenvalue weighted by Gasteiger charge is 2.04. The number of nitrogens with one attached hydrogen (secondary N) is 1. The van der Waals surface area contributed by atoms with E-state index in [0.29, 0.717) is 18.3 Å². The zero-order valence-corrected chi connectivity index (χ0v) is 11.1. The van der Waals surface area contributed by atoms with E-state index in [-0.39, 0.29) is 0 Å². The van der Waals surface area contributed by atoms with Crippen LogP contribution in [0, 0.1) is 6.92 Å². The smallest absolute Gasteiger partial charge is 0.197 e. The van der Waals surface area contributed by atoms with Crippen molar-refractivity contribution in [3.63, 3.8) is 0 Å². The van der Waals surface area contributed by atoms with Gasteiger partial charge in [0, 0.05) is 50.6 Å². The Kier molecular flexibility index (Phi) is 4.88. The fraction of sp³-hybridized carbons (Fsp3) is 0.385. The first-order chi connectivity index (χ1) is 9.29. The predicted molar refractivity (Wildman–Crippen MR) is 71.4 cm³/mol. The molecule has 0 aromatic carbocycles. The molecule has 2 heterocycles. The molecule has 100 valence electrons. The van der Waals surface area contributed by atoms with Crippen LogP contribution in [0.3, 0.4) is 0 Å². The van der Waals surface area contributed by atoms with E-state index in [1.54, 1.807) is 31.9 Å². The number of nitrogens with zero attached hydrogens (tertiary/aromatic N) is 4. The average molecular weight is 259 g/mol. The highest BCUT2D eigenvalue weighted by molar-refractivity contribution is 5.41. The van der Waals surface area contributed by atoms with Gasteiger partial charge in [-0.1, -0.05) is 0 Å². The highest BCUT2D eigenvalue weighted by atomic mass is 16.5. The van der Waals surface area contributed by atoms with E-state index in [0.717, 1.165) is 24.2 Å². The second-order valence-corrected chi connectivity index (χ2v) is 4.17. The molecule has 6 heteroatoms. The molecule has 0 fully saturated rings. The summed E-state index contributed by atoms with van der Waals surface area (Å²) in [4.78, 5) is 16.9. The summed E-state index contributed by atoms with van der Waals surface area (Å²) < 4.78 is 4.96. The van der Waals surface area contributed by atoms with Crippen molar-refractivity contribution in [2.24, 2.45) is 0 Å². The van der Waals surface area contributed by atoms with Gasteiger partial charge in [0.1, 0.15) is 0 Å². The van der Waals surface area contributed by atoms with Gasteiger partial charge in [0.25, 0.3) is 0 Å². The van der Waals surface area contributed by atoms with E-state index in [4.69, 9.17) is 4.74 Å². The van der Waals surface area contributed by atoms with Gasteiger partial charge in [0.15, 0.2) is 11.6 Å². The molecule has 0 spiro atoms. The van der Waals surface area contributed by atoms with E-state index in [2.05, 4.69) is 25.3 Å². The number of ether oxygens (including phenoxy) is 1. The van der Waals surface area contributed by atoms with Crippen molar-refractivity contribution in [1.82, 2.24) is 25.3 Å². The quantitative estimate of drug-likeness (QED) is 0.780. The van der Waals surface area contributed by atoms with E-state index in [9.17, 15) is 0 Å². The minimum absolute atomic E-state index is 0.542. The summed E-state index contributed by atoms with van der Waals surface area (Å²) >= 11 is 0. The van der Waals surface area contributed by atoms with Crippen LogP contribution in [0.2, 0.25) is 0 Å². The molecular weight excluding hydrogens is 242 g/mol. The topological polar surface area (TPSA) is 72.8 Å². The molecule has 1 N–H and O–H groups in total. The Morgan fingerprint density at radius 3 is 2.16 bits per heavy atom. The van der Waals surface area contributed by atoms with Gasteiger partial charge in [-0.3, -0.25) is 0 Å². The van der Waals surface area contributed by atoms with Crippen molar-refractivity contribution < 1.29 is 4.74 Å². The molecule has 0 amide bonds.